The molecule has 0 spiro atoms. The van der Waals surface area contributed by atoms with Gasteiger partial charge in [0.05, 0.1) is 6.42 Å². The van der Waals surface area contributed by atoms with Crippen molar-refractivity contribution in [3.8, 4) is 0 Å². The molecule has 76 valence electrons. The van der Waals surface area contributed by atoms with Gasteiger partial charge in [-0.25, -0.2) is 0 Å². The van der Waals surface area contributed by atoms with Crippen LogP contribution < -0.4 is 0 Å². The van der Waals surface area contributed by atoms with Crippen LogP contribution in [0.25, 0.3) is 0 Å². The van der Waals surface area contributed by atoms with Crippen molar-refractivity contribution in [1.82, 2.24) is 0 Å². The number of esters is 1. The molecule has 0 aliphatic carbocycles. The third kappa shape index (κ3) is 5.63. The third-order valence-corrected chi connectivity index (χ3v) is 1.97. The van der Waals surface area contributed by atoms with Crippen LogP contribution in [0.15, 0.2) is 0 Å². The molecule has 0 saturated heterocycles. The van der Waals surface area contributed by atoms with Crippen LogP contribution in [-0.2, 0) is 14.3 Å². The Labute approximate surface area is 85.4 Å². The van der Waals surface area contributed by atoms with Crippen molar-refractivity contribution in [1.29, 1.82) is 0 Å². The molecule has 0 aliphatic rings. The minimum absolute atomic E-state index is 0.0131. The summed E-state index contributed by atoms with van der Waals surface area (Å²) in [7, 11) is 0. The molecule has 0 fully saturated rings. The summed E-state index contributed by atoms with van der Waals surface area (Å²) in [6.45, 7) is 3.63. The topological polar surface area (TPSA) is 63.6 Å². The van der Waals surface area contributed by atoms with Crippen molar-refractivity contribution >= 4 is 27.9 Å². The summed E-state index contributed by atoms with van der Waals surface area (Å²) in [6.07, 6.45) is -0.682. The van der Waals surface area contributed by atoms with Gasteiger partial charge in [-0.05, 0) is 5.92 Å². The number of hydrogen-bond acceptors (Lipinski definition) is 3. The van der Waals surface area contributed by atoms with Crippen LogP contribution >= 0.6 is 15.9 Å². The molecule has 1 unspecified atom stereocenters. The molecule has 0 aromatic heterocycles. The van der Waals surface area contributed by atoms with E-state index in [-0.39, 0.29) is 17.7 Å². The second-order valence-electron chi connectivity index (χ2n) is 3.00. The highest BCUT2D eigenvalue weighted by Gasteiger charge is 2.20. The predicted molar refractivity (Wildman–Crippen MR) is 50.8 cm³/mol. The number of hydrogen-bond donors (Lipinski definition) is 1. The molecular formula is C8H13BrO4. The Hall–Kier alpha value is -0.580. The van der Waals surface area contributed by atoms with Gasteiger partial charge in [0.2, 0.25) is 0 Å². The van der Waals surface area contributed by atoms with Crippen LogP contribution in [-0.4, -0.2) is 28.5 Å². The molecule has 0 bridgehead atoms. The summed E-state index contributed by atoms with van der Waals surface area (Å²) in [4.78, 5) is 21.2. The fraction of sp³-hybridized carbons (Fsp3) is 0.750. The van der Waals surface area contributed by atoms with E-state index in [9.17, 15) is 9.59 Å². The van der Waals surface area contributed by atoms with E-state index in [1.165, 1.54) is 0 Å². The highest BCUT2D eigenvalue weighted by atomic mass is 79.9. The fourth-order valence-electron chi connectivity index (χ4n) is 0.786. The van der Waals surface area contributed by atoms with Crippen molar-refractivity contribution in [2.75, 3.05) is 5.33 Å². The number of carbonyl (C=O) groups is 2. The molecule has 5 heteroatoms. The maximum atomic E-state index is 10.8. The van der Waals surface area contributed by atoms with Gasteiger partial charge >= 0.3 is 11.9 Å². The Kier molecular flexibility index (Phi) is 5.70. The summed E-state index contributed by atoms with van der Waals surface area (Å²) in [5.41, 5.74) is 0. The van der Waals surface area contributed by atoms with Crippen LogP contribution in [0.1, 0.15) is 20.3 Å². The van der Waals surface area contributed by atoms with Gasteiger partial charge in [-0.15, -0.1) is 0 Å². The van der Waals surface area contributed by atoms with Crippen molar-refractivity contribution in [3.05, 3.63) is 0 Å². The highest BCUT2D eigenvalue weighted by Crippen LogP contribution is 2.11. The summed E-state index contributed by atoms with van der Waals surface area (Å²) in [6, 6.07) is 0. The van der Waals surface area contributed by atoms with Crippen LogP contribution in [0.4, 0.5) is 0 Å². The molecule has 1 N–H and O–H groups in total. The Morgan fingerprint density at radius 2 is 2.00 bits per heavy atom. The van der Waals surface area contributed by atoms with E-state index in [2.05, 4.69) is 15.9 Å². The van der Waals surface area contributed by atoms with Crippen LogP contribution in [0.3, 0.4) is 0 Å². The molecule has 0 saturated carbocycles. The van der Waals surface area contributed by atoms with Gasteiger partial charge in [-0.3, -0.25) is 9.59 Å². The van der Waals surface area contributed by atoms with E-state index in [1.54, 1.807) is 0 Å². The average molecular weight is 253 g/mol. The van der Waals surface area contributed by atoms with Crippen molar-refractivity contribution in [2.45, 2.75) is 26.4 Å². The standard InChI is InChI=1S/C8H13BrO4/c1-5(2)6(3-7(10)11)13-8(12)4-9/h5-6H,3-4H2,1-2H3,(H,10,11). The zero-order valence-corrected chi connectivity index (χ0v) is 9.20. The van der Waals surface area contributed by atoms with Gasteiger partial charge in [0.15, 0.2) is 0 Å². The zero-order chi connectivity index (χ0) is 10.4. The molecule has 0 heterocycles. The molecule has 0 aromatic carbocycles. The number of ether oxygens (including phenoxy) is 1. The van der Waals surface area contributed by atoms with E-state index < -0.39 is 18.0 Å². The number of aliphatic carboxylic acids is 1. The van der Waals surface area contributed by atoms with E-state index >= 15 is 0 Å². The Bertz CT molecular complexity index is 191. The molecule has 4 nitrogen and oxygen atoms in total. The van der Waals surface area contributed by atoms with Gasteiger partial charge < -0.3 is 9.84 Å². The zero-order valence-electron chi connectivity index (χ0n) is 7.62. The summed E-state index contributed by atoms with van der Waals surface area (Å²) in [5.74, 6) is -1.37. The number of carboxylic acids is 1. The van der Waals surface area contributed by atoms with Crippen molar-refractivity contribution in [3.63, 3.8) is 0 Å². The summed E-state index contributed by atoms with van der Waals surface area (Å²) < 4.78 is 4.91. The first-order chi connectivity index (χ1) is 5.97. The number of carbonyl (C=O) groups excluding carboxylic acids is 1. The van der Waals surface area contributed by atoms with Gasteiger partial charge in [-0.1, -0.05) is 29.8 Å². The van der Waals surface area contributed by atoms with Gasteiger partial charge in [-0.2, -0.15) is 0 Å². The molecule has 0 rings (SSSR count). The molecular weight excluding hydrogens is 240 g/mol. The second-order valence-corrected chi connectivity index (χ2v) is 3.56. The lowest BCUT2D eigenvalue weighted by molar-refractivity contribution is -0.152. The molecule has 13 heavy (non-hydrogen) atoms. The van der Waals surface area contributed by atoms with E-state index in [4.69, 9.17) is 9.84 Å². The summed E-state index contributed by atoms with van der Waals surface area (Å²) in [5, 5.41) is 8.61. The quantitative estimate of drug-likeness (QED) is 0.594. The van der Waals surface area contributed by atoms with E-state index in [0.717, 1.165) is 0 Å². The summed E-state index contributed by atoms with van der Waals surface area (Å²) >= 11 is 2.94. The van der Waals surface area contributed by atoms with Gasteiger partial charge in [0, 0.05) is 0 Å². The first-order valence-corrected chi connectivity index (χ1v) is 5.06. The van der Waals surface area contributed by atoms with Crippen LogP contribution in [0.5, 0.6) is 0 Å². The van der Waals surface area contributed by atoms with E-state index in [1.807, 2.05) is 13.8 Å². The fourth-order valence-corrected chi connectivity index (χ4v) is 0.918. The number of halogens is 1. The minimum atomic E-state index is -0.957. The maximum absolute atomic E-state index is 10.8. The lowest BCUT2D eigenvalue weighted by atomic mass is 10.0. The highest BCUT2D eigenvalue weighted by molar-refractivity contribution is 9.09. The SMILES string of the molecule is CC(C)C(CC(=O)O)OC(=O)CBr. The molecule has 1 atom stereocenters. The van der Waals surface area contributed by atoms with E-state index in [0.29, 0.717) is 0 Å². The first kappa shape index (κ1) is 12.4. The Morgan fingerprint density at radius 1 is 1.46 bits per heavy atom. The molecule has 0 aliphatic heterocycles. The van der Waals surface area contributed by atoms with Gasteiger partial charge in [0.25, 0.3) is 0 Å². The normalized spacial score (nSPS) is 12.6. The smallest absolute Gasteiger partial charge is 0.316 e. The minimum Gasteiger partial charge on any atom is -0.481 e. The van der Waals surface area contributed by atoms with Crippen LogP contribution in [0.2, 0.25) is 0 Å². The maximum Gasteiger partial charge on any atom is 0.316 e. The van der Waals surface area contributed by atoms with Crippen LogP contribution in [0, 0.1) is 5.92 Å². The number of carboxylic acid groups (broad SMARTS) is 1. The molecule has 0 aromatic rings. The van der Waals surface area contributed by atoms with Gasteiger partial charge in [0.1, 0.15) is 11.4 Å². The Morgan fingerprint density at radius 3 is 2.31 bits per heavy atom. The largest absolute Gasteiger partial charge is 0.481 e. The lowest BCUT2D eigenvalue weighted by Crippen LogP contribution is -2.26. The third-order valence-electron chi connectivity index (χ3n) is 1.51. The monoisotopic (exact) mass is 252 g/mol. The average Bonchev–Trinajstić information content (AvgIpc) is 2.02. The molecule has 0 amide bonds. The predicted octanol–water partition coefficient (Wildman–Crippen LogP) is 1.42. The molecule has 0 radical (unpaired) electrons. The lowest BCUT2D eigenvalue weighted by Gasteiger charge is -2.18. The second kappa shape index (κ2) is 5.96. The van der Waals surface area contributed by atoms with Crippen molar-refractivity contribution < 1.29 is 19.4 Å². The first-order valence-electron chi connectivity index (χ1n) is 3.94. The number of rotatable bonds is 5. The Balaban J connectivity index is 4.09. The van der Waals surface area contributed by atoms with Crippen molar-refractivity contribution in [2.24, 2.45) is 5.92 Å². The number of alkyl halides is 1.